The van der Waals surface area contributed by atoms with Crippen LogP contribution < -0.4 is 4.72 Å². The van der Waals surface area contributed by atoms with Crippen molar-refractivity contribution in [1.82, 2.24) is 19.5 Å². The smallest absolute Gasteiger partial charge is 0.241 e. The summed E-state index contributed by atoms with van der Waals surface area (Å²) in [5.41, 5.74) is 0. The molecule has 0 bridgehead atoms. The topological polar surface area (TPSA) is 76.9 Å². The summed E-state index contributed by atoms with van der Waals surface area (Å²) < 4.78 is 29.7. The second-order valence-electron chi connectivity index (χ2n) is 5.17. The molecular weight excluding hydrogens is 312 g/mol. The summed E-state index contributed by atoms with van der Waals surface area (Å²) in [6.45, 7) is 2.78. The van der Waals surface area contributed by atoms with E-state index < -0.39 is 10.0 Å². The number of aromatic nitrogens is 3. The molecule has 3 aromatic rings. The predicted octanol–water partition coefficient (Wildman–Crippen LogP) is 1.97. The van der Waals surface area contributed by atoms with Crippen LogP contribution in [0.1, 0.15) is 12.7 Å². The van der Waals surface area contributed by atoms with Crippen molar-refractivity contribution in [3.05, 3.63) is 54.6 Å². The van der Waals surface area contributed by atoms with Gasteiger partial charge in [0.2, 0.25) is 10.0 Å². The average Bonchev–Trinajstić information content (AvgIpc) is 3.01. The van der Waals surface area contributed by atoms with E-state index in [1.807, 2.05) is 41.8 Å². The molecule has 0 aliphatic carbocycles. The van der Waals surface area contributed by atoms with E-state index in [1.165, 1.54) is 0 Å². The lowest BCUT2D eigenvalue weighted by Crippen LogP contribution is -2.27. The largest absolute Gasteiger partial charge is 0.316 e. The first-order chi connectivity index (χ1) is 11.1. The number of aryl methyl sites for hydroxylation is 1. The van der Waals surface area contributed by atoms with E-state index in [0.717, 1.165) is 23.0 Å². The van der Waals surface area contributed by atoms with Crippen molar-refractivity contribution < 1.29 is 8.42 Å². The zero-order chi connectivity index (χ0) is 16.3. The molecule has 0 radical (unpaired) electrons. The summed E-state index contributed by atoms with van der Waals surface area (Å²) in [6, 6.07) is 12.7. The molecule has 0 aliphatic rings. The van der Waals surface area contributed by atoms with E-state index in [4.69, 9.17) is 0 Å². The van der Waals surface area contributed by atoms with Gasteiger partial charge in [-0.3, -0.25) is 0 Å². The van der Waals surface area contributed by atoms with E-state index in [1.54, 1.807) is 18.5 Å². The third-order valence-corrected chi connectivity index (χ3v) is 5.22. The molecule has 0 spiro atoms. The Morgan fingerprint density at radius 1 is 1.13 bits per heavy atom. The lowest BCUT2D eigenvalue weighted by molar-refractivity contribution is 0.570. The normalized spacial score (nSPS) is 11.9. The van der Waals surface area contributed by atoms with Crippen molar-refractivity contribution in [3.63, 3.8) is 0 Å². The maximum atomic E-state index is 12.6. The minimum absolute atomic E-state index is 0.288. The molecule has 2 aromatic carbocycles. The molecule has 0 fully saturated rings. The molecule has 0 aliphatic heterocycles. The van der Waals surface area contributed by atoms with Crippen LogP contribution in [0.5, 0.6) is 0 Å². The highest BCUT2D eigenvalue weighted by Gasteiger charge is 2.16. The Hall–Kier alpha value is -2.25. The molecule has 23 heavy (non-hydrogen) atoms. The molecule has 1 N–H and O–H groups in total. The summed E-state index contributed by atoms with van der Waals surface area (Å²) in [6.07, 6.45) is 2.38. The fraction of sp³-hybridized carbons (Fsp3) is 0.250. The van der Waals surface area contributed by atoms with Crippen LogP contribution in [0.3, 0.4) is 0 Å². The molecule has 0 saturated heterocycles. The van der Waals surface area contributed by atoms with Crippen LogP contribution in [-0.4, -0.2) is 29.7 Å². The lowest BCUT2D eigenvalue weighted by atomic mass is 10.1. The summed E-state index contributed by atoms with van der Waals surface area (Å²) >= 11 is 0. The van der Waals surface area contributed by atoms with Gasteiger partial charge in [-0.15, -0.1) is 10.2 Å². The van der Waals surface area contributed by atoms with E-state index in [0.29, 0.717) is 11.4 Å². The molecule has 7 heteroatoms. The fourth-order valence-corrected chi connectivity index (χ4v) is 3.80. The number of hydrogen-bond acceptors (Lipinski definition) is 4. The molecule has 120 valence electrons. The van der Waals surface area contributed by atoms with Gasteiger partial charge in [0.15, 0.2) is 0 Å². The zero-order valence-electron chi connectivity index (χ0n) is 12.8. The van der Waals surface area contributed by atoms with E-state index in [-0.39, 0.29) is 6.54 Å². The summed E-state index contributed by atoms with van der Waals surface area (Å²) in [5, 5.41) is 9.46. The Balaban J connectivity index is 1.79. The Morgan fingerprint density at radius 2 is 1.91 bits per heavy atom. The number of nitrogens with one attached hydrogen (secondary N) is 1. The van der Waals surface area contributed by atoms with Crippen LogP contribution in [0.2, 0.25) is 0 Å². The van der Waals surface area contributed by atoms with Crippen molar-refractivity contribution >= 4 is 20.8 Å². The number of hydrogen-bond donors (Lipinski definition) is 1. The van der Waals surface area contributed by atoms with Crippen LogP contribution in [0.25, 0.3) is 10.8 Å². The van der Waals surface area contributed by atoms with Gasteiger partial charge in [0, 0.05) is 24.9 Å². The van der Waals surface area contributed by atoms with Crippen molar-refractivity contribution in [2.75, 3.05) is 6.54 Å². The standard InChI is InChI=1S/C16H18N4O2S/c1-2-16-19-17-12-20(16)11-10-18-23(21,22)15-9-5-7-13-6-3-4-8-14(13)15/h3-9,12,18H,2,10-11H2,1H3. The fourth-order valence-electron chi connectivity index (χ4n) is 2.55. The van der Waals surface area contributed by atoms with Crippen molar-refractivity contribution in [2.24, 2.45) is 0 Å². The maximum absolute atomic E-state index is 12.6. The second kappa shape index (κ2) is 6.47. The number of fused-ring (bicyclic) bond motifs is 1. The first-order valence-corrected chi connectivity index (χ1v) is 8.94. The molecule has 6 nitrogen and oxygen atoms in total. The molecule has 3 rings (SSSR count). The monoisotopic (exact) mass is 330 g/mol. The van der Waals surface area contributed by atoms with Gasteiger partial charge in [-0.1, -0.05) is 43.3 Å². The van der Waals surface area contributed by atoms with Crippen LogP contribution in [-0.2, 0) is 23.0 Å². The first-order valence-electron chi connectivity index (χ1n) is 7.46. The molecule has 1 aromatic heterocycles. The number of sulfonamides is 1. The Labute approximate surface area is 135 Å². The van der Waals surface area contributed by atoms with Crippen LogP contribution in [0, 0.1) is 0 Å². The molecular formula is C16H18N4O2S. The van der Waals surface area contributed by atoms with Gasteiger partial charge >= 0.3 is 0 Å². The Kier molecular flexibility index (Phi) is 4.40. The van der Waals surface area contributed by atoms with Crippen molar-refractivity contribution in [2.45, 2.75) is 24.8 Å². The number of rotatable bonds is 6. The van der Waals surface area contributed by atoms with Crippen LogP contribution in [0.4, 0.5) is 0 Å². The quantitative estimate of drug-likeness (QED) is 0.750. The van der Waals surface area contributed by atoms with Gasteiger partial charge in [0.1, 0.15) is 12.2 Å². The highest BCUT2D eigenvalue weighted by atomic mass is 32.2. The van der Waals surface area contributed by atoms with Crippen LogP contribution >= 0.6 is 0 Å². The van der Waals surface area contributed by atoms with Gasteiger partial charge in [-0.25, -0.2) is 13.1 Å². The maximum Gasteiger partial charge on any atom is 0.241 e. The molecule has 0 unspecified atom stereocenters. The van der Waals surface area contributed by atoms with Gasteiger partial charge in [-0.2, -0.15) is 0 Å². The Bertz CT molecular complexity index is 913. The lowest BCUT2D eigenvalue weighted by Gasteiger charge is -2.10. The van der Waals surface area contributed by atoms with E-state index >= 15 is 0 Å². The van der Waals surface area contributed by atoms with Crippen molar-refractivity contribution in [3.8, 4) is 0 Å². The predicted molar refractivity (Wildman–Crippen MR) is 88.5 cm³/mol. The first kappa shape index (κ1) is 15.6. The second-order valence-corrected chi connectivity index (χ2v) is 6.90. The summed E-state index contributed by atoms with van der Waals surface area (Å²) in [7, 11) is -3.56. The number of nitrogens with zero attached hydrogens (tertiary/aromatic N) is 3. The van der Waals surface area contributed by atoms with E-state index in [9.17, 15) is 8.42 Å². The third kappa shape index (κ3) is 3.25. The minimum atomic E-state index is -3.56. The van der Waals surface area contributed by atoms with Crippen LogP contribution in [0.15, 0.2) is 53.7 Å². The number of benzene rings is 2. The van der Waals surface area contributed by atoms with Gasteiger partial charge in [0.25, 0.3) is 0 Å². The van der Waals surface area contributed by atoms with Gasteiger partial charge < -0.3 is 4.57 Å². The highest BCUT2D eigenvalue weighted by molar-refractivity contribution is 7.89. The molecule has 0 saturated carbocycles. The molecule has 0 amide bonds. The highest BCUT2D eigenvalue weighted by Crippen LogP contribution is 2.22. The third-order valence-electron chi connectivity index (χ3n) is 3.70. The zero-order valence-corrected chi connectivity index (χ0v) is 13.6. The summed E-state index contributed by atoms with van der Waals surface area (Å²) in [4.78, 5) is 0.301. The molecule has 0 atom stereocenters. The van der Waals surface area contributed by atoms with E-state index in [2.05, 4.69) is 14.9 Å². The SMILES string of the molecule is CCc1nncn1CCNS(=O)(=O)c1cccc2ccccc12. The van der Waals surface area contributed by atoms with Crippen molar-refractivity contribution in [1.29, 1.82) is 0 Å². The average molecular weight is 330 g/mol. The van der Waals surface area contributed by atoms with Gasteiger partial charge in [-0.05, 0) is 11.5 Å². The molecule has 1 heterocycles. The minimum Gasteiger partial charge on any atom is -0.316 e. The Morgan fingerprint density at radius 3 is 2.74 bits per heavy atom. The summed E-state index contributed by atoms with van der Waals surface area (Å²) in [5.74, 6) is 0.842. The van der Waals surface area contributed by atoms with Gasteiger partial charge in [0.05, 0.1) is 4.90 Å².